The number of nitrogens with zero attached hydrogens (tertiary/aromatic N) is 7. The number of anilines is 2. The Morgan fingerprint density at radius 2 is 1.81 bits per heavy atom. The van der Waals surface area contributed by atoms with Gasteiger partial charge in [0.2, 0.25) is 5.91 Å². The van der Waals surface area contributed by atoms with E-state index < -0.39 is 0 Å². The van der Waals surface area contributed by atoms with Crippen molar-refractivity contribution >= 4 is 17.4 Å². The second kappa shape index (κ2) is 9.44. The van der Waals surface area contributed by atoms with Gasteiger partial charge in [-0.05, 0) is 51.8 Å². The molecule has 186 valence electrons. The fourth-order valence-electron chi connectivity index (χ4n) is 4.82. The van der Waals surface area contributed by atoms with E-state index in [9.17, 15) is 9.59 Å². The Balaban J connectivity index is 1.35. The summed E-state index contributed by atoms with van der Waals surface area (Å²) in [7, 11) is 1.82. The first kappa shape index (κ1) is 23.5. The van der Waals surface area contributed by atoms with Crippen LogP contribution in [0.15, 0.2) is 53.6 Å². The highest BCUT2D eigenvalue weighted by molar-refractivity contribution is 5.93. The van der Waals surface area contributed by atoms with Crippen LogP contribution in [0, 0.1) is 26.7 Å². The standard InChI is InChI=1S/C26H30N8O2/c1-17-13-18(2)33(30-17)23-14-22(27-16-28-23)32-12-8-9-20(15-32)25(35)29-24-19(3)31(4)34(26(24)36)21-10-6-5-7-11-21/h5-7,10-11,13-14,16,20H,8-9,12,15H2,1-4H3,(H,29,35)/t20-/m0/s1. The van der Waals surface area contributed by atoms with Crippen LogP contribution in [0.4, 0.5) is 11.5 Å². The molecule has 1 atom stereocenters. The second-order valence-electron chi connectivity index (χ2n) is 9.28. The highest BCUT2D eigenvalue weighted by Gasteiger charge is 2.29. The molecule has 0 bridgehead atoms. The topological polar surface area (TPSA) is 103 Å². The van der Waals surface area contributed by atoms with Gasteiger partial charge in [0, 0.05) is 31.9 Å². The van der Waals surface area contributed by atoms with Crippen LogP contribution in [0.1, 0.15) is 29.9 Å². The predicted molar refractivity (Wildman–Crippen MR) is 138 cm³/mol. The lowest BCUT2D eigenvalue weighted by Gasteiger charge is -2.32. The fourth-order valence-corrected chi connectivity index (χ4v) is 4.82. The Kier molecular flexibility index (Phi) is 6.17. The number of benzene rings is 1. The van der Waals surface area contributed by atoms with E-state index in [0.29, 0.717) is 23.7 Å². The smallest absolute Gasteiger partial charge is 0.295 e. The lowest BCUT2D eigenvalue weighted by Crippen LogP contribution is -2.41. The Labute approximate surface area is 209 Å². The largest absolute Gasteiger partial charge is 0.356 e. The zero-order chi connectivity index (χ0) is 25.4. The second-order valence-corrected chi connectivity index (χ2v) is 9.28. The van der Waals surface area contributed by atoms with Gasteiger partial charge < -0.3 is 10.2 Å². The Morgan fingerprint density at radius 3 is 2.53 bits per heavy atom. The monoisotopic (exact) mass is 486 g/mol. The van der Waals surface area contributed by atoms with Crippen LogP contribution in [0.3, 0.4) is 0 Å². The van der Waals surface area contributed by atoms with Crippen LogP contribution in [0.5, 0.6) is 0 Å². The summed E-state index contributed by atoms with van der Waals surface area (Å²) in [6.45, 7) is 7.08. The van der Waals surface area contributed by atoms with Crippen molar-refractivity contribution in [2.45, 2.75) is 33.6 Å². The molecule has 0 aliphatic carbocycles. The number of hydrogen-bond acceptors (Lipinski definition) is 6. The first-order valence-electron chi connectivity index (χ1n) is 12.1. The van der Waals surface area contributed by atoms with Gasteiger partial charge in [-0.15, -0.1) is 0 Å². The summed E-state index contributed by atoms with van der Waals surface area (Å²) < 4.78 is 5.13. The summed E-state index contributed by atoms with van der Waals surface area (Å²) in [6.07, 6.45) is 3.13. The minimum Gasteiger partial charge on any atom is -0.356 e. The number of aryl methyl sites for hydroxylation is 2. The number of piperidine rings is 1. The molecule has 1 aromatic carbocycles. The SMILES string of the molecule is Cc1cc(C)n(-c2cc(N3CCC[C@H](C(=O)Nc4c(C)n(C)n(-c5ccccc5)c4=O)C3)ncn2)n1. The molecule has 3 aromatic heterocycles. The molecule has 0 radical (unpaired) electrons. The van der Waals surface area contributed by atoms with Crippen molar-refractivity contribution in [3.8, 4) is 11.5 Å². The molecule has 4 heterocycles. The zero-order valence-electron chi connectivity index (χ0n) is 21.0. The van der Waals surface area contributed by atoms with E-state index in [0.717, 1.165) is 42.3 Å². The summed E-state index contributed by atoms with van der Waals surface area (Å²) in [4.78, 5) is 37.5. The first-order chi connectivity index (χ1) is 17.3. The normalized spacial score (nSPS) is 15.8. The highest BCUT2D eigenvalue weighted by Crippen LogP contribution is 2.24. The zero-order valence-corrected chi connectivity index (χ0v) is 21.0. The molecule has 36 heavy (non-hydrogen) atoms. The van der Waals surface area contributed by atoms with Gasteiger partial charge in [0.15, 0.2) is 5.82 Å². The molecule has 4 aromatic rings. The summed E-state index contributed by atoms with van der Waals surface area (Å²) >= 11 is 0. The minimum absolute atomic E-state index is 0.154. The van der Waals surface area contributed by atoms with Gasteiger partial charge in [-0.3, -0.25) is 14.3 Å². The molecule has 0 spiro atoms. The number of para-hydroxylation sites is 1. The average molecular weight is 487 g/mol. The van der Waals surface area contributed by atoms with Crippen molar-refractivity contribution in [1.29, 1.82) is 0 Å². The van der Waals surface area contributed by atoms with Gasteiger partial charge in [0.05, 0.1) is 23.0 Å². The van der Waals surface area contributed by atoms with E-state index >= 15 is 0 Å². The lowest BCUT2D eigenvalue weighted by molar-refractivity contribution is -0.120. The Bertz CT molecular complexity index is 1470. The fraction of sp³-hybridized carbons (Fsp3) is 0.346. The minimum atomic E-state index is -0.268. The average Bonchev–Trinajstić information content (AvgIpc) is 3.34. The maximum atomic E-state index is 13.3. The van der Waals surface area contributed by atoms with Crippen LogP contribution in [-0.4, -0.2) is 48.1 Å². The highest BCUT2D eigenvalue weighted by atomic mass is 16.2. The van der Waals surface area contributed by atoms with E-state index in [1.54, 1.807) is 14.0 Å². The third-order valence-corrected chi connectivity index (χ3v) is 6.78. The van der Waals surface area contributed by atoms with Crippen LogP contribution in [-0.2, 0) is 11.8 Å². The number of amides is 1. The number of carbonyl (C=O) groups excluding carboxylic acids is 1. The summed E-state index contributed by atoms with van der Waals surface area (Å²) in [5.41, 5.74) is 3.44. The molecule has 1 amide bonds. The molecule has 1 aliphatic rings. The lowest BCUT2D eigenvalue weighted by atomic mass is 9.97. The molecule has 5 rings (SSSR count). The molecule has 1 aliphatic heterocycles. The van der Waals surface area contributed by atoms with E-state index in [1.807, 2.05) is 70.3 Å². The van der Waals surface area contributed by atoms with Gasteiger partial charge >= 0.3 is 0 Å². The molecule has 0 saturated carbocycles. The molecular weight excluding hydrogens is 456 g/mol. The van der Waals surface area contributed by atoms with Crippen molar-refractivity contribution in [3.63, 3.8) is 0 Å². The van der Waals surface area contributed by atoms with Crippen molar-refractivity contribution < 1.29 is 4.79 Å². The van der Waals surface area contributed by atoms with Crippen LogP contribution >= 0.6 is 0 Å². The van der Waals surface area contributed by atoms with Crippen LogP contribution < -0.4 is 15.8 Å². The number of aromatic nitrogens is 6. The third-order valence-electron chi connectivity index (χ3n) is 6.78. The number of nitrogens with one attached hydrogen (secondary N) is 1. The summed E-state index contributed by atoms with van der Waals surface area (Å²) in [6, 6.07) is 13.3. The Morgan fingerprint density at radius 1 is 1.06 bits per heavy atom. The third kappa shape index (κ3) is 4.30. The van der Waals surface area contributed by atoms with E-state index in [2.05, 4.69) is 25.3 Å². The number of rotatable bonds is 5. The molecule has 0 unspecified atom stereocenters. The van der Waals surface area contributed by atoms with E-state index in [-0.39, 0.29) is 17.4 Å². The first-order valence-corrected chi connectivity index (χ1v) is 12.1. The van der Waals surface area contributed by atoms with Gasteiger partial charge in [0.25, 0.3) is 5.56 Å². The molecule has 1 fully saturated rings. The summed E-state index contributed by atoms with van der Waals surface area (Å²) in [5, 5.41) is 7.45. The van der Waals surface area contributed by atoms with Crippen molar-refractivity contribution in [2.24, 2.45) is 13.0 Å². The number of hydrogen-bond donors (Lipinski definition) is 1. The molecule has 1 N–H and O–H groups in total. The maximum Gasteiger partial charge on any atom is 0.295 e. The molecule has 10 nitrogen and oxygen atoms in total. The van der Waals surface area contributed by atoms with Gasteiger partial charge in [0.1, 0.15) is 17.8 Å². The van der Waals surface area contributed by atoms with Crippen molar-refractivity contribution in [3.05, 3.63) is 76.2 Å². The van der Waals surface area contributed by atoms with Gasteiger partial charge in [-0.2, -0.15) is 5.10 Å². The van der Waals surface area contributed by atoms with Gasteiger partial charge in [-0.1, -0.05) is 18.2 Å². The van der Waals surface area contributed by atoms with E-state index in [1.165, 1.54) is 6.33 Å². The molecular formula is C26H30N8O2. The summed E-state index contributed by atoms with van der Waals surface area (Å²) in [5.74, 6) is 1.03. The quantitative estimate of drug-likeness (QED) is 0.465. The maximum absolute atomic E-state index is 13.3. The van der Waals surface area contributed by atoms with E-state index in [4.69, 9.17) is 0 Å². The van der Waals surface area contributed by atoms with Crippen LogP contribution in [0.25, 0.3) is 11.5 Å². The van der Waals surface area contributed by atoms with Gasteiger partial charge in [-0.25, -0.2) is 19.3 Å². The van der Waals surface area contributed by atoms with Crippen molar-refractivity contribution in [1.82, 2.24) is 29.1 Å². The molecule has 10 heteroatoms. The predicted octanol–water partition coefficient (Wildman–Crippen LogP) is 2.93. The van der Waals surface area contributed by atoms with Crippen LogP contribution in [0.2, 0.25) is 0 Å². The number of carbonyl (C=O) groups is 1. The van der Waals surface area contributed by atoms with Crippen molar-refractivity contribution in [2.75, 3.05) is 23.3 Å². The molecule has 1 saturated heterocycles. The Hall–Kier alpha value is -4.21.